The fourth-order valence-electron chi connectivity index (χ4n) is 3.17. The maximum absolute atomic E-state index is 11.3. The Kier molecular flexibility index (Phi) is 2.35. The van der Waals surface area contributed by atoms with E-state index in [-0.39, 0.29) is 23.6 Å². The molecule has 0 spiro atoms. The Hall–Kier alpha value is -0.870. The first kappa shape index (κ1) is 11.2. The summed E-state index contributed by atoms with van der Waals surface area (Å²) in [6, 6.07) is 0. The summed E-state index contributed by atoms with van der Waals surface area (Å²) < 4.78 is 11.2. The zero-order valence-corrected chi connectivity index (χ0v) is 10.0. The quantitative estimate of drug-likeness (QED) is 0.513. The molecule has 0 aliphatic carbocycles. The summed E-state index contributed by atoms with van der Waals surface area (Å²) in [5.41, 5.74) is -0.367. The number of carbonyl (C=O) groups excluding carboxylic acids is 1. The van der Waals surface area contributed by atoms with Crippen molar-refractivity contribution in [2.45, 2.75) is 56.5 Å². The molecule has 2 fully saturated rings. The van der Waals surface area contributed by atoms with E-state index >= 15 is 0 Å². The van der Waals surface area contributed by atoms with Crippen molar-refractivity contribution < 1.29 is 19.4 Å². The summed E-state index contributed by atoms with van der Waals surface area (Å²) in [4.78, 5) is 11.3. The van der Waals surface area contributed by atoms with Crippen molar-refractivity contribution in [2.24, 2.45) is 5.92 Å². The second-order valence-corrected chi connectivity index (χ2v) is 5.73. The van der Waals surface area contributed by atoms with Gasteiger partial charge in [-0.05, 0) is 13.3 Å². The number of ether oxygens (including phenoxy) is 2. The minimum Gasteiger partial charge on any atom is -0.462 e. The van der Waals surface area contributed by atoms with Crippen molar-refractivity contribution in [3.8, 4) is 0 Å². The number of aliphatic hydroxyl groups is 1. The number of hydrogen-bond acceptors (Lipinski definition) is 4. The van der Waals surface area contributed by atoms with E-state index in [2.05, 4.69) is 0 Å². The molecule has 3 rings (SSSR count). The lowest BCUT2D eigenvalue weighted by atomic mass is 9.87. The predicted octanol–water partition coefficient (Wildman–Crippen LogP) is 1.53. The minimum absolute atomic E-state index is 0.0933. The fourth-order valence-corrected chi connectivity index (χ4v) is 3.17. The van der Waals surface area contributed by atoms with Gasteiger partial charge in [0.25, 0.3) is 0 Å². The smallest absolute Gasteiger partial charge is 0.306 e. The summed E-state index contributed by atoms with van der Waals surface area (Å²) >= 11 is 0. The van der Waals surface area contributed by atoms with Gasteiger partial charge in [-0.15, -0.1) is 0 Å². The highest BCUT2D eigenvalue weighted by Gasteiger charge is 2.49. The maximum Gasteiger partial charge on any atom is 0.306 e. The van der Waals surface area contributed by atoms with Crippen LogP contribution in [0.5, 0.6) is 0 Å². The average molecular weight is 238 g/mol. The van der Waals surface area contributed by atoms with Gasteiger partial charge in [-0.2, -0.15) is 0 Å². The molecule has 4 atom stereocenters. The molecule has 4 heteroatoms. The molecule has 0 saturated carbocycles. The van der Waals surface area contributed by atoms with Crippen molar-refractivity contribution in [3.63, 3.8) is 0 Å². The van der Waals surface area contributed by atoms with Crippen molar-refractivity contribution in [1.29, 1.82) is 0 Å². The summed E-state index contributed by atoms with van der Waals surface area (Å²) in [6.45, 7) is 2.00. The van der Waals surface area contributed by atoms with Crippen LogP contribution in [0, 0.1) is 5.92 Å². The van der Waals surface area contributed by atoms with Gasteiger partial charge in [-0.1, -0.05) is 12.2 Å². The van der Waals surface area contributed by atoms with E-state index in [1.165, 1.54) is 0 Å². The zero-order valence-electron chi connectivity index (χ0n) is 10.0. The molecule has 0 aromatic rings. The monoisotopic (exact) mass is 238 g/mol. The Labute approximate surface area is 101 Å². The third kappa shape index (κ3) is 2.00. The molecule has 0 amide bonds. The van der Waals surface area contributed by atoms with Crippen LogP contribution in [0.4, 0.5) is 0 Å². The molecule has 2 saturated heterocycles. The minimum atomic E-state index is -1.02. The Morgan fingerprint density at radius 1 is 1.47 bits per heavy atom. The lowest BCUT2D eigenvalue weighted by molar-refractivity contribution is -0.221. The Bertz CT molecular complexity index is 378. The van der Waals surface area contributed by atoms with Crippen LogP contribution >= 0.6 is 0 Å². The lowest BCUT2D eigenvalue weighted by Gasteiger charge is -2.30. The van der Waals surface area contributed by atoms with Gasteiger partial charge in [-0.25, -0.2) is 0 Å². The summed E-state index contributed by atoms with van der Waals surface area (Å²) in [6.07, 6.45) is 6.94. The van der Waals surface area contributed by atoms with Gasteiger partial charge in [0, 0.05) is 25.2 Å². The molecule has 1 N–H and O–H groups in total. The molecule has 94 valence electrons. The topological polar surface area (TPSA) is 55.8 Å². The molecule has 17 heavy (non-hydrogen) atoms. The highest BCUT2D eigenvalue weighted by molar-refractivity contribution is 5.72. The Morgan fingerprint density at radius 3 is 3.12 bits per heavy atom. The average Bonchev–Trinajstić information content (AvgIpc) is 2.70. The largest absolute Gasteiger partial charge is 0.462 e. The SMILES string of the molecule is C[C@]12CC[C@](O)(C/C=C\[C@@H]3CC(=O)O[C@@H]3C1)O2. The first-order chi connectivity index (χ1) is 7.98. The normalized spacial score (nSPS) is 51.1. The molecular weight excluding hydrogens is 220 g/mol. The van der Waals surface area contributed by atoms with E-state index in [1.807, 2.05) is 19.1 Å². The molecule has 3 aliphatic heterocycles. The number of rotatable bonds is 0. The molecule has 2 bridgehead atoms. The summed E-state index contributed by atoms with van der Waals surface area (Å²) in [5.74, 6) is -0.999. The van der Waals surface area contributed by atoms with Gasteiger partial charge >= 0.3 is 5.97 Å². The Balaban J connectivity index is 1.88. The standard InChI is InChI=1S/C13H18O4/c1-12-5-6-13(15,17-12)4-2-3-9-7-11(14)16-10(9)8-12/h2-3,9-10,15H,4-8H2,1H3/b3-2-/t9-,10-,12+,13+/m1/s1. The van der Waals surface area contributed by atoms with Crippen LogP contribution in [0.1, 0.15) is 39.0 Å². The van der Waals surface area contributed by atoms with E-state index < -0.39 is 5.79 Å². The number of esters is 1. The molecule has 3 heterocycles. The van der Waals surface area contributed by atoms with E-state index in [4.69, 9.17) is 9.47 Å². The first-order valence-electron chi connectivity index (χ1n) is 6.27. The van der Waals surface area contributed by atoms with Crippen LogP contribution in [0.2, 0.25) is 0 Å². The second kappa shape index (κ2) is 3.56. The highest BCUT2D eigenvalue weighted by atomic mass is 16.6. The second-order valence-electron chi connectivity index (χ2n) is 5.73. The third-order valence-electron chi connectivity index (χ3n) is 4.10. The number of fused-ring (bicyclic) bond motifs is 3. The molecule has 4 nitrogen and oxygen atoms in total. The molecule has 0 aromatic heterocycles. The van der Waals surface area contributed by atoms with E-state index in [9.17, 15) is 9.90 Å². The van der Waals surface area contributed by atoms with E-state index in [1.54, 1.807) is 0 Å². The number of carbonyl (C=O) groups is 1. The van der Waals surface area contributed by atoms with Gasteiger partial charge < -0.3 is 14.6 Å². The van der Waals surface area contributed by atoms with Crippen LogP contribution in [0.3, 0.4) is 0 Å². The first-order valence-corrected chi connectivity index (χ1v) is 6.27. The van der Waals surface area contributed by atoms with Crippen LogP contribution in [-0.4, -0.2) is 28.6 Å². The Morgan fingerprint density at radius 2 is 2.29 bits per heavy atom. The molecule has 3 aliphatic rings. The van der Waals surface area contributed by atoms with Crippen LogP contribution in [0.25, 0.3) is 0 Å². The lowest BCUT2D eigenvalue weighted by Crippen LogP contribution is -2.36. The van der Waals surface area contributed by atoms with Crippen molar-refractivity contribution >= 4 is 5.97 Å². The van der Waals surface area contributed by atoms with Gasteiger partial charge in [0.05, 0.1) is 12.0 Å². The number of hydrogen-bond donors (Lipinski definition) is 1. The van der Waals surface area contributed by atoms with E-state index in [0.29, 0.717) is 25.7 Å². The maximum atomic E-state index is 11.3. The highest BCUT2D eigenvalue weighted by Crippen LogP contribution is 2.44. The summed E-state index contributed by atoms with van der Waals surface area (Å²) in [7, 11) is 0. The van der Waals surface area contributed by atoms with Crippen molar-refractivity contribution in [3.05, 3.63) is 12.2 Å². The van der Waals surface area contributed by atoms with Gasteiger partial charge in [-0.3, -0.25) is 4.79 Å². The third-order valence-corrected chi connectivity index (χ3v) is 4.10. The summed E-state index contributed by atoms with van der Waals surface area (Å²) in [5, 5.41) is 10.3. The molecule has 0 unspecified atom stereocenters. The van der Waals surface area contributed by atoms with Crippen molar-refractivity contribution in [2.75, 3.05) is 0 Å². The van der Waals surface area contributed by atoms with E-state index in [0.717, 1.165) is 6.42 Å². The predicted molar refractivity (Wildman–Crippen MR) is 60.0 cm³/mol. The molecule has 0 radical (unpaired) electrons. The molecule has 0 aromatic carbocycles. The van der Waals surface area contributed by atoms with Crippen LogP contribution in [-0.2, 0) is 14.3 Å². The van der Waals surface area contributed by atoms with Gasteiger partial charge in [0.2, 0.25) is 0 Å². The van der Waals surface area contributed by atoms with Gasteiger partial charge in [0.1, 0.15) is 6.10 Å². The van der Waals surface area contributed by atoms with Crippen LogP contribution < -0.4 is 0 Å². The molecular formula is C13H18O4. The van der Waals surface area contributed by atoms with Gasteiger partial charge in [0.15, 0.2) is 5.79 Å². The van der Waals surface area contributed by atoms with Crippen LogP contribution in [0.15, 0.2) is 12.2 Å². The fraction of sp³-hybridized carbons (Fsp3) is 0.769. The zero-order chi connectivity index (χ0) is 12.1. The van der Waals surface area contributed by atoms with Crippen molar-refractivity contribution in [1.82, 2.24) is 0 Å².